The minimum absolute atomic E-state index is 0.0930. The Balaban J connectivity index is 3.07. The fourth-order valence-corrected chi connectivity index (χ4v) is 1.37. The van der Waals surface area contributed by atoms with Crippen LogP contribution in [0.15, 0.2) is 0 Å². The van der Waals surface area contributed by atoms with Gasteiger partial charge in [-0.05, 0) is 46.2 Å². The summed E-state index contributed by atoms with van der Waals surface area (Å²) in [5, 5.41) is 12.3. The molecule has 0 aromatic rings. The van der Waals surface area contributed by atoms with Crippen molar-refractivity contribution in [1.29, 1.82) is 0 Å². The number of aliphatic hydroxyl groups is 1. The molecule has 0 aromatic heterocycles. The molecule has 0 bridgehead atoms. The first-order valence-corrected chi connectivity index (χ1v) is 6.21. The van der Waals surface area contributed by atoms with Crippen LogP contribution in [0, 0.1) is 0 Å². The summed E-state index contributed by atoms with van der Waals surface area (Å²) in [7, 11) is 0. The van der Waals surface area contributed by atoms with E-state index in [1.807, 2.05) is 6.92 Å². The van der Waals surface area contributed by atoms with Crippen LogP contribution >= 0.6 is 0 Å². The lowest BCUT2D eigenvalue weighted by Crippen LogP contribution is -2.20. The minimum Gasteiger partial charge on any atom is -0.466 e. The molecule has 96 valence electrons. The van der Waals surface area contributed by atoms with Gasteiger partial charge in [0.1, 0.15) is 0 Å². The first-order chi connectivity index (χ1) is 7.66. The van der Waals surface area contributed by atoms with Gasteiger partial charge in [0.15, 0.2) is 0 Å². The molecule has 0 amide bonds. The highest BCUT2D eigenvalue weighted by molar-refractivity contribution is 5.69. The lowest BCUT2D eigenvalue weighted by molar-refractivity contribution is -0.143. The number of nitrogens with one attached hydrogen (secondary N) is 1. The van der Waals surface area contributed by atoms with Crippen molar-refractivity contribution >= 4 is 5.97 Å². The molecule has 0 saturated heterocycles. The summed E-state index contributed by atoms with van der Waals surface area (Å²) >= 11 is 0. The second kappa shape index (κ2) is 10.9. The number of aliphatic hydroxyl groups excluding tert-OH is 1. The maximum absolute atomic E-state index is 11.0. The van der Waals surface area contributed by atoms with Crippen LogP contribution in [-0.2, 0) is 9.53 Å². The average molecular weight is 231 g/mol. The van der Waals surface area contributed by atoms with Crippen LogP contribution in [0.5, 0.6) is 0 Å². The molecule has 0 fully saturated rings. The van der Waals surface area contributed by atoms with Crippen molar-refractivity contribution in [3.05, 3.63) is 0 Å². The first-order valence-electron chi connectivity index (χ1n) is 6.21. The molecule has 1 atom stereocenters. The highest BCUT2D eigenvalue weighted by Gasteiger charge is 2.00. The van der Waals surface area contributed by atoms with Gasteiger partial charge in [-0.1, -0.05) is 6.42 Å². The van der Waals surface area contributed by atoms with Crippen LogP contribution < -0.4 is 5.32 Å². The molecule has 0 heterocycles. The zero-order chi connectivity index (χ0) is 12.2. The third-order valence-electron chi connectivity index (χ3n) is 2.28. The Morgan fingerprint density at radius 2 is 2.06 bits per heavy atom. The SMILES string of the molecule is CCOC(=O)CCCCCNCCC(C)O. The summed E-state index contributed by atoms with van der Waals surface area (Å²) in [6.45, 7) is 5.90. The summed E-state index contributed by atoms with van der Waals surface area (Å²) in [5.74, 6) is -0.0930. The van der Waals surface area contributed by atoms with Gasteiger partial charge in [-0.3, -0.25) is 4.79 Å². The van der Waals surface area contributed by atoms with Gasteiger partial charge < -0.3 is 15.2 Å². The van der Waals surface area contributed by atoms with Gasteiger partial charge in [-0.25, -0.2) is 0 Å². The average Bonchev–Trinajstić information content (AvgIpc) is 2.22. The highest BCUT2D eigenvalue weighted by Crippen LogP contribution is 2.00. The summed E-state index contributed by atoms with van der Waals surface area (Å²) in [4.78, 5) is 11.0. The number of esters is 1. The third-order valence-corrected chi connectivity index (χ3v) is 2.28. The fourth-order valence-electron chi connectivity index (χ4n) is 1.37. The molecule has 0 aliphatic carbocycles. The van der Waals surface area contributed by atoms with Crippen molar-refractivity contribution in [3.63, 3.8) is 0 Å². The van der Waals surface area contributed by atoms with Crippen molar-refractivity contribution in [1.82, 2.24) is 5.32 Å². The molecule has 0 aliphatic heterocycles. The zero-order valence-corrected chi connectivity index (χ0v) is 10.5. The van der Waals surface area contributed by atoms with Crippen molar-refractivity contribution in [2.75, 3.05) is 19.7 Å². The Morgan fingerprint density at radius 1 is 1.31 bits per heavy atom. The molecular formula is C12H25NO3. The Kier molecular flexibility index (Phi) is 10.5. The molecule has 0 saturated carbocycles. The topological polar surface area (TPSA) is 58.6 Å². The van der Waals surface area contributed by atoms with E-state index < -0.39 is 0 Å². The molecule has 0 rings (SSSR count). The fraction of sp³-hybridized carbons (Fsp3) is 0.917. The van der Waals surface area contributed by atoms with Gasteiger partial charge in [0, 0.05) is 6.42 Å². The van der Waals surface area contributed by atoms with Crippen molar-refractivity contribution in [2.45, 2.75) is 52.1 Å². The van der Waals surface area contributed by atoms with Crippen LogP contribution in [0.2, 0.25) is 0 Å². The second-order valence-electron chi connectivity index (χ2n) is 4.00. The van der Waals surface area contributed by atoms with Gasteiger partial charge in [0.2, 0.25) is 0 Å². The Morgan fingerprint density at radius 3 is 2.69 bits per heavy atom. The Labute approximate surface area is 98.4 Å². The molecule has 0 aromatic carbocycles. The van der Waals surface area contributed by atoms with Crippen LogP contribution in [0.3, 0.4) is 0 Å². The van der Waals surface area contributed by atoms with Crippen LogP contribution in [0.4, 0.5) is 0 Å². The maximum Gasteiger partial charge on any atom is 0.305 e. The third kappa shape index (κ3) is 11.5. The monoisotopic (exact) mass is 231 g/mol. The van der Waals surface area contributed by atoms with Crippen LogP contribution in [0.1, 0.15) is 46.0 Å². The quantitative estimate of drug-likeness (QED) is 0.441. The predicted molar refractivity (Wildman–Crippen MR) is 64.3 cm³/mol. The van der Waals surface area contributed by atoms with Crippen molar-refractivity contribution in [3.8, 4) is 0 Å². The molecule has 0 spiro atoms. The molecule has 2 N–H and O–H groups in total. The Bertz CT molecular complexity index is 172. The van der Waals surface area contributed by atoms with E-state index in [9.17, 15) is 4.79 Å². The van der Waals surface area contributed by atoms with Gasteiger partial charge in [0.05, 0.1) is 12.7 Å². The minimum atomic E-state index is -0.226. The normalized spacial score (nSPS) is 12.4. The molecule has 0 aliphatic rings. The molecule has 0 radical (unpaired) electrons. The smallest absolute Gasteiger partial charge is 0.305 e. The second-order valence-corrected chi connectivity index (χ2v) is 4.00. The van der Waals surface area contributed by atoms with E-state index >= 15 is 0 Å². The highest BCUT2D eigenvalue weighted by atomic mass is 16.5. The number of hydrogen-bond donors (Lipinski definition) is 2. The van der Waals surface area contributed by atoms with Gasteiger partial charge in [-0.15, -0.1) is 0 Å². The van der Waals surface area contributed by atoms with Crippen LogP contribution in [0.25, 0.3) is 0 Å². The van der Waals surface area contributed by atoms with E-state index in [1.165, 1.54) is 0 Å². The standard InChI is InChI=1S/C12H25NO3/c1-3-16-12(15)7-5-4-6-9-13-10-8-11(2)14/h11,13-14H,3-10H2,1-2H3. The van der Waals surface area contributed by atoms with Crippen LogP contribution in [-0.4, -0.2) is 36.9 Å². The van der Waals surface area contributed by atoms with E-state index in [4.69, 9.17) is 9.84 Å². The number of rotatable bonds is 10. The number of hydrogen-bond acceptors (Lipinski definition) is 4. The van der Waals surface area contributed by atoms with E-state index in [1.54, 1.807) is 6.92 Å². The largest absolute Gasteiger partial charge is 0.466 e. The number of carbonyl (C=O) groups is 1. The summed E-state index contributed by atoms with van der Waals surface area (Å²) in [6.07, 6.45) is 4.11. The number of ether oxygens (including phenoxy) is 1. The van der Waals surface area contributed by atoms with Gasteiger partial charge in [0.25, 0.3) is 0 Å². The van der Waals surface area contributed by atoms with E-state index in [0.717, 1.165) is 38.8 Å². The zero-order valence-electron chi connectivity index (χ0n) is 10.5. The van der Waals surface area contributed by atoms with Crippen molar-refractivity contribution in [2.24, 2.45) is 0 Å². The number of unbranched alkanes of at least 4 members (excludes halogenated alkanes) is 2. The first kappa shape index (κ1) is 15.4. The lowest BCUT2D eigenvalue weighted by atomic mass is 10.2. The molecular weight excluding hydrogens is 206 g/mol. The van der Waals surface area contributed by atoms with E-state index in [0.29, 0.717) is 13.0 Å². The molecule has 16 heavy (non-hydrogen) atoms. The Hall–Kier alpha value is -0.610. The summed E-state index contributed by atoms with van der Waals surface area (Å²) in [5.41, 5.74) is 0. The van der Waals surface area contributed by atoms with Gasteiger partial charge >= 0.3 is 5.97 Å². The molecule has 1 unspecified atom stereocenters. The number of carbonyl (C=O) groups excluding carboxylic acids is 1. The lowest BCUT2D eigenvalue weighted by Gasteiger charge is -2.06. The van der Waals surface area contributed by atoms with Gasteiger partial charge in [-0.2, -0.15) is 0 Å². The van der Waals surface area contributed by atoms with Crippen molar-refractivity contribution < 1.29 is 14.6 Å². The molecule has 4 nitrogen and oxygen atoms in total. The molecule has 4 heteroatoms. The van der Waals surface area contributed by atoms with E-state index in [2.05, 4.69) is 5.32 Å². The maximum atomic E-state index is 11.0. The summed E-state index contributed by atoms with van der Waals surface area (Å²) in [6, 6.07) is 0. The predicted octanol–water partition coefficient (Wildman–Crippen LogP) is 1.47. The van der Waals surface area contributed by atoms with E-state index in [-0.39, 0.29) is 12.1 Å². The summed E-state index contributed by atoms with van der Waals surface area (Å²) < 4.78 is 4.83.